The van der Waals surface area contributed by atoms with E-state index in [0.717, 1.165) is 34.0 Å². The van der Waals surface area contributed by atoms with Crippen LogP contribution in [0.2, 0.25) is 5.02 Å². The van der Waals surface area contributed by atoms with Crippen molar-refractivity contribution in [3.63, 3.8) is 0 Å². The van der Waals surface area contributed by atoms with E-state index >= 15 is 0 Å². The van der Waals surface area contributed by atoms with Crippen molar-refractivity contribution in [2.45, 2.75) is 32.2 Å². The molecule has 1 aliphatic carbocycles. The lowest BCUT2D eigenvalue weighted by molar-refractivity contribution is 0.696. The zero-order chi connectivity index (χ0) is 13.9. The lowest BCUT2D eigenvalue weighted by Gasteiger charge is -2.09. The third kappa shape index (κ3) is 2.54. The number of rotatable bonds is 3. The summed E-state index contributed by atoms with van der Waals surface area (Å²) in [6.07, 6.45) is 4.59. The number of nitrogens with zero attached hydrogens (tertiary/aromatic N) is 1. The molecule has 1 aromatic heterocycles. The summed E-state index contributed by atoms with van der Waals surface area (Å²) in [5, 5.41) is 14.6. The van der Waals surface area contributed by atoms with Gasteiger partial charge < -0.3 is 5.32 Å². The van der Waals surface area contributed by atoms with Gasteiger partial charge in [0.05, 0.1) is 5.56 Å². The average Bonchev–Trinajstić information content (AvgIpc) is 2.84. The van der Waals surface area contributed by atoms with Crippen molar-refractivity contribution in [3.8, 4) is 6.07 Å². The minimum absolute atomic E-state index is 0.660. The van der Waals surface area contributed by atoms with Crippen LogP contribution in [0.1, 0.15) is 34.4 Å². The molecule has 4 heteroatoms. The maximum Gasteiger partial charge on any atom is 0.107 e. The SMILES string of the molecule is N#Cc1c(NCc2ccccc2Cl)sc2c1CCCC2. The van der Waals surface area contributed by atoms with E-state index in [0.29, 0.717) is 6.54 Å². The molecule has 1 heterocycles. The molecule has 0 spiro atoms. The molecule has 102 valence electrons. The Balaban J connectivity index is 1.83. The fraction of sp³-hybridized carbons (Fsp3) is 0.312. The van der Waals surface area contributed by atoms with E-state index in [9.17, 15) is 5.26 Å². The Morgan fingerprint density at radius 2 is 2.05 bits per heavy atom. The maximum atomic E-state index is 9.41. The van der Waals surface area contributed by atoms with Crippen molar-refractivity contribution in [2.75, 3.05) is 5.32 Å². The van der Waals surface area contributed by atoms with Gasteiger partial charge in [-0.25, -0.2) is 0 Å². The minimum Gasteiger partial charge on any atom is -0.372 e. The highest BCUT2D eigenvalue weighted by molar-refractivity contribution is 7.16. The molecule has 0 saturated heterocycles. The molecule has 0 amide bonds. The molecule has 1 aromatic carbocycles. The molecule has 0 bridgehead atoms. The highest BCUT2D eigenvalue weighted by Crippen LogP contribution is 2.37. The number of fused-ring (bicyclic) bond motifs is 1. The predicted octanol–water partition coefficient (Wildman–Crippen LogP) is 4.76. The molecule has 3 rings (SSSR count). The van der Waals surface area contributed by atoms with Crippen LogP contribution in [0.5, 0.6) is 0 Å². The van der Waals surface area contributed by atoms with Gasteiger partial charge in [0, 0.05) is 16.4 Å². The second-order valence-electron chi connectivity index (χ2n) is 4.97. The van der Waals surface area contributed by atoms with Crippen LogP contribution in [-0.4, -0.2) is 0 Å². The molecule has 0 aliphatic heterocycles. The third-order valence-corrected chi connectivity index (χ3v) is 5.30. The van der Waals surface area contributed by atoms with E-state index in [-0.39, 0.29) is 0 Å². The number of aryl methyl sites for hydroxylation is 1. The third-order valence-electron chi connectivity index (χ3n) is 3.68. The van der Waals surface area contributed by atoms with Crippen molar-refractivity contribution >= 4 is 27.9 Å². The Hall–Kier alpha value is -1.50. The molecule has 2 aromatic rings. The first-order valence-electron chi connectivity index (χ1n) is 6.81. The van der Waals surface area contributed by atoms with E-state index in [4.69, 9.17) is 11.6 Å². The van der Waals surface area contributed by atoms with Crippen molar-refractivity contribution in [1.29, 1.82) is 5.26 Å². The normalized spacial score (nSPS) is 13.6. The number of hydrogen-bond donors (Lipinski definition) is 1. The summed E-state index contributed by atoms with van der Waals surface area (Å²) >= 11 is 7.90. The van der Waals surface area contributed by atoms with Crippen molar-refractivity contribution < 1.29 is 0 Å². The smallest absolute Gasteiger partial charge is 0.107 e. The summed E-state index contributed by atoms with van der Waals surface area (Å²) in [5.74, 6) is 0. The first-order chi connectivity index (χ1) is 9.79. The second-order valence-corrected chi connectivity index (χ2v) is 6.48. The highest BCUT2D eigenvalue weighted by Gasteiger charge is 2.20. The number of benzene rings is 1. The standard InChI is InChI=1S/C16H15ClN2S/c17-14-7-3-1-5-11(14)10-19-16-13(9-18)12-6-2-4-8-15(12)20-16/h1,3,5,7,19H,2,4,6,8,10H2. The van der Waals surface area contributed by atoms with Gasteiger partial charge >= 0.3 is 0 Å². The molecular formula is C16H15ClN2S. The zero-order valence-corrected chi connectivity index (χ0v) is 12.7. The predicted molar refractivity (Wildman–Crippen MR) is 84.5 cm³/mol. The van der Waals surface area contributed by atoms with E-state index in [1.807, 2.05) is 24.3 Å². The van der Waals surface area contributed by atoms with Gasteiger partial charge in [0.2, 0.25) is 0 Å². The molecule has 0 fully saturated rings. The van der Waals surface area contributed by atoms with Crippen LogP contribution in [-0.2, 0) is 19.4 Å². The van der Waals surface area contributed by atoms with Crippen LogP contribution < -0.4 is 5.32 Å². The topological polar surface area (TPSA) is 35.8 Å². The van der Waals surface area contributed by atoms with Crippen molar-refractivity contribution in [3.05, 3.63) is 50.9 Å². The summed E-state index contributed by atoms with van der Waals surface area (Å²) < 4.78 is 0. The van der Waals surface area contributed by atoms with Gasteiger partial charge in [-0.2, -0.15) is 5.26 Å². The number of hydrogen-bond acceptors (Lipinski definition) is 3. The highest BCUT2D eigenvalue weighted by atomic mass is 35.5. The Labute approximate surface area is 128 Å². The molecule has 0 saturated carbocycles. The fourth-order valence-corrected chi connectivity index (χ4v) is 4.06. The molecule has 20 heavy (non-hydrogen) atoms. The van der Waals surface area contributed by atoms with Gasteiger partial charge in [0.25, 0.3) is 0 Å². The van der Waals surface area contributed by atoms with E-state index in [1.165, 1.54) is 23.3 Å². The first-order valence-corrected chi connectivity index (χ1v) is 8.01. The van der Waals surface area contributed by atoms with Crippen LogP contribution in [0.25, 0.3) is 0 Å². The average molecular weight is 303 g/mol. The van der Waals surface area contributed by atoms with Gasteiger partial charge in [-0.15, -0.1) is 11.3 Å². The summed E-state index contributed by atoms with van der Waals surface area (Å²) in [4.78, 5) is 1.38. The van der Waals surface area contributed by atoms with Crippen LogP contribution in [0.15, 0.2) is 24.3 Å². The van der Waals surface area contributed by atoms with Gasteiger partial charge in [0.15, 0.2) is 0 Å². The monoisotopic (exact) mass is 302 g/mol. The van der Waals surface area contributed by atoms with Crippen LogP contribution in [0.3, 0.4) is 0 Å². The Kier molecular flexibility index (Phi) is 3.95. The van der Waals surface area contributed by atoms with Crippen LogP contribution >= 0.6 is 22.9 Å². The van der Waals surface area contributed by atoms with Crippen LogP contribution in [0.4, 0.5) is 5.00 Å². The number of halogens is 1. The van der Waals surface area contributed by atoms with Crippen molar-refractivity contribution in [2.24, 2.45) is 0 Å². The van der Waals surface area contributed by atoms with E-state index in [1.54, 1.807) is 11.3 Å². The van der Waals surface area contributed by atoms with Crippen molar-refractivity contribution in [1.82, 2.24) is 0 Å². The Bertz CT molecular complexity index is 670. The Morgan fingerprint density at radius 3 is 2.85 bits per heavy atom. The largest absolute Gasteiger partial charge is 0.372 e. The second kappa shape index (κ2) is 5.87. The number of nitrogens with one attached hydrogen (secondary N) is 1. The first kappa shape index (κ1) is 13.5. The summed E-state index contributed by atoms with van der Waals surface area (Å²) in [7, 11) is 0. The molecule has 0 unspecified atom stereocenters. The van der Waals surface area contributed by atoms with E-state index in [2.05, 4.69) is 11.4 Å². The maximum absolute atomic E-state index is 9.41. The lowest BCUT2D eigenvalue weighted by atomic mass is 9.96. The van der Waals surface area contributed by atoms with Gasteiger partial charge in [-0.3, -0.25) is 0 Å². The quantitative estimate of drug-likeness (QED) is 0.887. The van der Waals surface area contributed by atoms with Crippen LogP contribution in [0, 0.1) is 11.3 Å². The summed E-state index contributed by atoms with van der Waals surface area (Å²) in [6.45, 7) is 0.660. The molecule has 0 radical (unpaired) electrons. The summed E-state index contributed by atoms with van der Waals surface area (Å²) in [6, 6.07) is 10.2. The Morgan fingerprint density at radius 1 is 1.25 bits per heavy atom. The van der Waals surface area contributed by atoms with E-state index < -0.39 is 0 Å². The zero-order valence-electron chi connectivity index (χ0n) is 11.1. The van der Waals surface area contributed by atoms with Gasteiger partial charge in [-0.05, 0) is 42.9 Å². The molecular weight excluding hydrogens is 288 g/mol. The molecule has 1 aliphatic rings. The number of nitriles is 1. The fourth-order valence-electron chi connectivity index (χ4n) is 2.63. The van der Waals surface area contributed by atoms with Gasteiger partial charge in [0.1, 0.15) is 11.1 Å². The van der Waals surface area contributed by atoms with Gasteiger partial charge in [-0.1, -0.05) is 29.8 Å². The lowest BCUT2D eigenvalue weighted by Crippen LogP contribution is -2.01. The molecule has 1 N–H and O–H groups in total. The number of anilines is 1. The molecule has 2 nitrogen and oxygen atoms in total. The number of thiophene rings is 1. The summed E-state index contributed by atoms with van der Waals surface area (Å²) in [5.41, 5.74) is 3.17. The minimum atomic E-state index is 0.660. The molecule has 0 atom stereocenters.